The second kappa shape index (κ2) is 4.62. The van der Waals surface area contributed by atoms with Crippen molar-refractivity contribution in [1.29, 1.82) is 0 Å². The first-order valence-electron chi connectivity index (χ1n) is 2.96. The second-order valence-corrected chi connectivity index (χ2v) is 2.67. The van der Waals surface area contributed by atoms with Gasteiger partial charge in [-0.3, -0.25) is 0 Å². The Morgan fingerprint density at radius 3 is 2.33 bits per heavy atom. The molecule has 0 saturated carbocycles. The largest absolute Gasteiger partial charge is 0.411 e. The Morgan fingerprint density at radius 1 is 1.67 bits per heavy atom. The van der Waals surface area contributed by atoms with Crippen LogP contribution in [0.15, 0.2) is 5.16 Å². The molecule has 0 atom stereocenters. The third-order valence-electron chi connectivity index (χ3n) is 0.940. The first kappa shape index (κ1) is 8.76. The number of rotatable bonds is 3. The van der Waals surface area contributed by atoms with Crippen molar-refractivity contribution >= 4 is 17.3 Å². The fourth-order valence-electron chi connectivity index (χ4n) is 0.593. The van der Waals surface area contributed by atoms with Crippen molar-refractivity contribution in [3.05, 3.63) is 0 Å². The zero-order valence-electron chi connectivity index (χ0n) is 5.76. The van der Waals surface area contributed by atoms with Crippen molar-refractivity contribution in [2.45, 2.75) is 20.3 Å². The van der Waals surface area contributed by atoms with Gasteiger partial charge < -0.3 is 5.21 Å². The maximum atomic E-state index is 8.28. The van der Waals surface area contributed by atoms with Gasteiger partial charge in [-0.15, -0.1) is 11.6 Å². The number of hydrogen-bond donors (Lipinski definition) is 1. The van der Waals surface area contributed by atoms with Crippen LogP contribution in [0, 0.1) is 5.92 Å². The second-order valence-electron chi connectivity index (χ2n) is 2.40. The number of alkyl halides is 1. The van der Waals surface area contributed by atoms with Crippen LogP contribution in [0.25, 0.3) is 0 Å². The fourth-order valence-corrected chi connectivity index (χ4v) is 0.756. The van der Waals surface area contributed by atoms with Gasteiger partial charge >= 0.3 is 0 Å². The third kappa shape index (κ3) is 4.28. The molecule has 0 saturated heterocycles. The minimum absolute atomic E-state index is 0.328. The van der Waals surface area contributed by atoms with Crippen molar-refractivity contribution in [1.82, 2.24) is 0 Å². The Morgan fingerprint density at radius 2 is 2.22 bits per heavy atom. The zero-order chi connectivity index (χ0) is 7.28. The lowest BCUT2D eigenvalue weighted by atomic mass is 10.1. The van der Waals surface area contributed by atoms with Crippen molar-refractivity contribution < 1.29 is 5.21 Å². The van der Waals surface area contributed by atoms with Crippen LogP contribution in [-0.4, -0.2) is 16.8 Å². The molecular weight excluding hydrogens is 138 g/mol. The van der Waals surface area contributed by atoms with Gasteiger partial charge in [-0.25, -0.2) is 0 Å². The molecule has 3 heteroatoms. The van der Waals surface area contributed by atoms with Crippen LogP contribution < -0.4 is 0 Å². The Hall–Kier alpha value is -0.240. The molecule has 9 heavy (non-hydrogen) atoms. The lowest BCUT2D eigenvalue weighted by Gasteiger charge is -2.01. The normalized spacial score (nSPS) is 12.7. The summed E-state index contributed by atoms with van der Waals surface area (Å²) in [6, 6.07) is 0. The summed E-state index contributed by atoms with van der Waals surface area (Å²) in [4.78, 5) is 0. The number of nitrogens with zero attached hydrogens (tertiary/aromatic N) is 1. The zero-order valence-corrected chi connectivity index (χ0v) is 6.52. The summed E-state index contributed by atoms with van der Waals surface area (Å²) in [6.07, 6.45) is 0.778. The molecule has 0 unspecified atom stereocenters. The lowest BCUT2D eigenvalue weighted by Crippen LogP contribution is -2.04. The Labute approximate surface area is 60.5 Å². The quantitative estimate of drug-likeness (QED) is 0.284. The lowest BCUT2D eigenvalue weighted by molar-refractivity contribution is 0.316. The van der Waals surface area contributed by atoms with Gasteiger partial charge in [-0.1, -0.05) is 19.0 Å². The van der Waals surface area contributed by atoms with Crippen LogP contribution in [0.2, 0.25) is 0 Å². The maximum Gasteiger partial charge on any atom is 0.0720 e. The molecule has 0 aromatic rings. The monoisotopic (exact) mass is 149 g/mol. The number of oxime groups is 1. The summed E-state index contributed by atoms with van der Waals surface area (Å²) >= 11 is 5.42. The highest BCUT2D eigenvalue weighted by molar-refractivity contribution is 6.28. The summed E-state index contributed by atoms with van der Waals surface area (Å²) < 4.78 is 0. The smallest absolute Gasteiger partial charge is 0.0720 e. The maximum absolute atomic E-state index is 8.28. The van der Waals surface area contributed by atoms with Crippen molar-refractivity contribution in [2.75, 3.05) is 5.88 Å². The van der Waals surface area contributed by atoms with E-state index in [-0.39, 0.29) is 0 Å². The van der Waals surface area contributed by atoms with E-state index in [9.17, 15) is 0 Å². The van der Waals surface area contributed by atoms with Crippen LogP contribution in [0.1, 0.15) is 20.3 Å². The standard InChI is InChI=1S/C6H12ClNO/c1-5(2)3-6(4-7)8-9/h5,9H,3-4H2,1-2H3/b8-6-. The van der Waals surface area contributed by atoms with Crippen LogP contribution in [0.5, 0.6) is 0 Å². The van der Waals surface area contributed by atoms with Crippen molar-refractivity contribution in [3.8, 4) is 0 Å². The van der Waals surface area contributed by atoms with Gasteiger partial charge in [-0.2, -0.15) is 0 Å². The molecule has 0 amide bonds. The SMILES string of the molecule is CC(C)C/C(CCl)=N/O. The molecular formula is C6H12ClNO. The van der Waals surface area contributed by atoms with E-state index in [1.54, 1.807) is 0 Å². The van der Waals surface area contributed by atoms with Crippen LogP contribution in [-0.2, 0) is 0 Å². The summed E-state index contributed by atoms with van der Waals surface area (Å²) in [6.45, 7) is 4.11. The van der Waals surface area contributed by atoms with E-state index < -0.39 is 0 Å². The van der Waals surface area contributed by atoms with E-state index in [4.69, 9.17) is 16.8 Å². The number of halogens is 1. The summed E-state index contributed by atoms with van der Waals surface area (Å²) in [5.74, 6) is 0.837. The van der Waals surface area contributed by atoms with Gasteiger partial charge in [0.15, 0.2) is 0 Å². The molecule has 0 aliphatic carbocycles. The van der Waals surface area contributed by atoms with E-state index in [1.165, 1.54) is 0 Å². The molecule has 1 N–H and O–H groups in total. The fraction of sp³-hybridized carbons (Fsp3) is 0.833. The molecule has 0 heterocycles. The molecule has 0 radical (unpaired) electrons. The van der Waals surface area contributed by atoms with Gasteiger partial charge in [0.2, 0.25) is 0 Å². The molecule has 0 aliphatic rings. The molecule has 0 aliphatic heterocycles. The van der Waals surface area contributed by atoms with E-state index in [0.717, 1.165) is 6.42 Å². The van der Waals surface area contributed by atoms with E-state index >= 15 is 0 Å². The summed E-state index contributed by atoms with van der Waals surface area (Å²) in [5.41, 5.74) is 0.659. The average Bonchev–Trinajstić information content (AvgIpc) is 1.82. The molecule has 0 rings (SSSR count). The third-order valence-corrected chi connectivity index (χ3v) is 1.25. The van der Waals surface area contributed by atoms with Crippen molar-refractivity contribution in [3.63, 3.8) is 0 Å². The van der Waals surface area contributed by atoms with E-state index in [0.29, 0.717) is 17.5 Å². The first-order chi connectivity index (χ1) is 4.20. The van der Waals surface area contributed by atoms with Gasteiger partial charge in [0.1, 0.15) is 0 Å². The highest BCUT2D eigenvalue weighted by Gasteiger charge is 2.00. The molecule has 0 fully saturated rings. The van der Waals surface area contributed by atoms with E-state index in [2.05, 4.69) is 19.0 Å². The predicted molar refractivity (Wildman–Crippen MR) is 39.4 cm³/mol. The van der Waals surface area contributed by atoms with Crippen LogP contribution >= 0.6 is 11.6 Å². The molecule has 2 nitrogen and oxygen atoms in total. The molecule has 0 aromatic carbocycles. The minimum atomic E-state index is 0.328. The van der Waals surface area contributed by atoms with Gasteiger partial charge in [0.25, 0.3) is 0 Å². The predicted octanol–water partition coefficient (Wildman–Crippen LogP) is 2.10. The molecule has 54 valence electrons. The topological polar surface area (TPSA) is 32.6 Å². The van der Waals surface area contributed by atoms with E-state index in [1.807, 2.05) is 0 Å². The minimum Gasteiger partial charge on any atom is -0.411 e. The highest BCUT2D eigenvalue weighted by atomic mass is 35.5. The molecule has 0 spiro atoms. The van der Waals surface area contributed by atoms with Crippen molar-refractivity contribution in [2.24, 2.45) is 11.1 Å². The summed E-state index contributed by atoms with van der Waals surface area (Å²) in [5, 5.41) is 11.3. The average molecular weight is 150 g/mol. The highest BCUT2D eigenvalue weighted by Crippen LogP contribution is 2.02. The Kier molecular flexibility index (Phi) is 4.50. The van der Waals surface area contributed by atoms with Crippen LogP contribution in [0.4, 0.5) is 0 Å². The molecule has 0 aromatic heterocycles. The van der Waals surface area contributed by atoms with Gasteiger partial charge in [0.05, 0.1) is 11.6 Å². The van der Waals surface area contributed by atoms with Crippen LogP contribution in [0.3, 0.4) is 0 Å². The number of hydrogen-bond acceptors (Lipinski definition) is 2. The van der Waals surface area contributed by atoms with Gasteiger partial charge in [-0.05, 0) is 12.3 Å². The molecule has 0 bridgehead atoms. The Balaban J connectivity index is 3.58. The van der Waals surface area contributed by atoms with Gasteiger partial charge in [0, 0.05) is 0 Å². The summed E-state index contributed by atoms with van der Waals surface area (Å²) in [7, 11) is 0. The first-order valence-corrected chi connectivity index (χ1v) is 3.50. The Bertz CT molecular complexity index is 101.